The van der Waals surface area contributed by atoms with E-state index < -0.39 is 0 Å². The molecule has 1 heterocycles. The van der Waals surface area contributed by atoms with Crippen molar-refractivity contribution in [3.05, 3.63) is 17.2 Å². The molecule has 3 rings (SSSR count). The fourth-order valence-corrected chi connectivity index (χ4v) is 4.04. The number of hydrogen-bond donors (Lipinski definition) is 0. The van der Waals surface area contributed by atoms with Crippen LogP contribution in [0.2, 0.25) is 0 Å². The summed E-state index contributed by atoms with van der Waals surface area (Å²) in [5.41, 5.74) is 3.04. The van der Waals surface area contributed by atoms with Crippen LogP contribution < -0.4 is 0 Å². The predicted molar refractivity (Wildman–Crippen MR) is 84.1 cm³/mol. The van der Waals surface area contributed by atoms with Gasteiger partial charge < -0.3 is 4.57 Å². The smallest absolute Gasteiger partial charge is 0.109 e. The third-order valence-corrected chi connectivity index (χ3v) is 5.24. The van der Waals surface area contributed by atoms with Crippen molar-refractivity contribution in [2.45, 2.75) is 90.5 Å². The van der Waals surface area contributed by atoms with Gasteiger partial charge in [-0.05, 0) is 38.0 Å². The van der Waals surface area contributed by atoms with Crippen molar-refractivity contribution < 1.29 is 0 Å². The molecule has 1 fully saturated rings. The number of nitrogens with zero attached hydrogens (tertiary/aromatic N) is 2. The Morgan fingerprint density at radius 1 is 1.05 bits per heavy atom. The Balaban J connectivity index is 1.78. The van der Waals surface area contributed by atoms with Crippen molar-refractivity contribution in [2.75, 3.05) is 0 Å². The summed E-state index contributed by atoms with van der Waals surface area (Å²) in [7, 11) is 0. The third-order valence-electron chi connectivity index (χ3n) is 5.24. The summed E-state index contributed by atoms with van der Waals surface area (Å²) in [5.74, 6) is 2.34. The van der Waals surface area contributed by atoms with Gasteiger partial charge in [0.05, 0.1) is 5.69 Å². The lowest BCUT2D eigenvalue weighted by molar-refractivity contribution is 0.346. The molecule has 0 spiro atoms. The monoisotopic (exact) mass is 274 g/mol. The van der Waals surface area contributed by atoms with Crippen molar-refractivity contribution >= 4 is 0 Å². The summed E-state index contributed by atoms with van der Waals surface area (Å²) in [4.78, 5) is 5.06. The van der Waals surface area contributed by atoms with Crippen LogP contribution in [0.3, 0.4) is 0 Å². The second-order valence-corrected chi connectivity index (χ2v) is 6.84. The number of unbranched alkanes of at least 4 members (excludes halogenated alkanes) is 1. The molecule has 0 aromatic carbocycles. The van der Waals surface area contributed by atoms with Crippen molar-refractivity contribution in [3.8, 4) is 0 Å². The molecule has 2 nitrogen and oxygen atoms in total. The van der Waals surface area contributed by atoms with Crippen LogP contribution in [0.1, 0.15) is 81.9 Å². The zero-order chi connectivity index (χ0) is 13.8. The lowest BCUT2D eigenvalue weighted by Gasteiger charge is -2.22. The molecule has 0 N–H and O–H groups in total. The lowest BCUT2D eigenvalue weighted by Crippen LogP contribution is -2.15. The quantitative estimate of drug-likeness (QED) is 0.762. The average Bonchev–Trinajstić information content (AvgIpc) is 2.83. The first kappa shape index (κ1) is 14.2. The maximum Gasteiger partial charge on any atom is 0.109 e. The van der Waals surface area contributed by atoms with Crippen molar-refractivity contribution in [1.82, 2.24) is 9.55 Å². The topological polar surface area (TPSA) is 17.8 Å². The van der Waals surface area contributed by atoms with Crippen LogP contribution in [0, 0.1) is 5.92 Å². The molecule has 0 aliphatic heterocycles. The van der Waals surface area contributed by atoms with Gasteiger partial charge in [0.1, 0.15) is 5.82 Å². The van der Waals surface area contributed by atoms with Gasteiger partial charge in [-0.2, -0.15) is 0 Å². The van der Waals surface area contributed by atoms with Gasteiger partial charge in [0, 0.05) is 18.7 Å². The highest BCUT2D eigenvalue weighted by Gasteiger charge is 2.22. The molecular weight excluding hydrogens is 244 g/mol. The summed E-state index contributed by atoms with van der Waals surface area (Å²) < 4.78 is 2.62. The van der Waals surface area contributed by atoms with Crippen LogP contribution in [0.25, 0.3) is 0 Å². The summed E-state index contributed by atoms with van der Waals surface area (Å²) in [6.45, 7) is 3.51. The number of aryl methyl sites for hydroxylation is 1. The Morgan fingerprint density at radius 3 is 2.65 bits per heavy atom. The van der Waals surface area contributed by atoms with E-state index in [1.54, 1.807) is 5.69 Å². The molecule has 0 bridgehead atoms. The number of hydrogen-bond acceptors (Lipinski definition) is 1. The zero-order valence-electron chi connectivity index (χ0n) is 13.2. The third kappa shape index (κ3) is 3.10. The maximum absolute atomic E-state index is 5.06. The maximum atomic E-state index is 5.06. The van der Waals surface area contributed by atoms with Gasteiger partial charge in [-0.15, -0.1) is 0 Å². The van der Waals surface area contributed by atoms with Crippen molar-refractivity contribution in [2.24, 2.45) is 5.92 Å². The second-order valence-electron chi connectivity index (χ2n) is 6.84. The molecule has 1 aromatic rings. The number of imidazole rings is 1. The van der Waals surface area contributed by atoms with Crippen LogP contribution >= 0.6 is 0 Å². The first-order valence-corrected chi connectivity index (χ1v) is 8.95. The van der Waals surface area contributed by atoms with Gasteiger partial charge in [0.15, 0.2) is 0 Å². The highest BCUT2D eigenvalue weighted by molar-refractivity contribution is 5.20. The van der Waals surface area contributed by atoms with Gasteiger partial charge >= 0.3 is 0 Å². The number of aromatic nitrogens is 2. The van der Waals surface area contributed by atoms with E-state index in [0.717, 1.165) is 5.92 Å². The summed E-state index contributed by atoms with van der Waals surface area (Å²) >= 11 is 0. The van der Waals surface area contributed by atoms with Gasteiger partial charge in [-0.25, -0.2) is 4.98 Å². The minimum Gasteiger partial charge on any atom is -0.332 e. The molecule has 112 valence electrons. The SMILES string of the molecule is CCCCn1c(CC2CCCCC2)nc2c1CCCC2. The predicted octanol–water partition coefficient (Wildman–Crippen LogP) is 4.68. The summed E-state index contributed by atoms with van der Waals surface area (Å²) in [5, 5.41) is 0. The lowest BCUT2D eigenvalue weighted by atomic mass is 9.87. The molecule has 20 heavy (non-hydrogen) atoms. The van der Waals surface area contributed by atoms with Gasteiger partial charge in [-0.1, -0.05) is 45.4 Å². The number of rotatable bonds is 5. The average molecular weight is 274 g/mol. The van der Waals surface area contributed by atoms with E-state index in [4.69, 9.17) is 4.98 Å². The number of fused-ring (bicyclic) bond motifs is 1. The van der Waals surface area contributed by atoms with Crippen molar-refractivity contribution in [3.63, 3.8) is 0 Å². The Labute approximate surface area is 124 Å². The fraction of sp³-hybridized carbons (Fsp3) is 0.833. The Hall–Kier alpha value is -0.790. The molecule has 0 radical (unpaired) electrons. The molecule has 2 aliphatic rings. The molecular formula is C18H30N2. The van der Waals surface area contributed by atoms with E-state index in [0.29, 0.717) is 0 Å². The molecule has 0 unspecified atom stereocenters. The minimum atomic E-state index is 0.910. The zero-order valence-corrected chi connectivity index (χ0v) is 13.2. The Kier molecular flexibility index (Phi) is 4.80. The van der Waals surface area contributed by atoms with Crippen LogP contribution in [0.15, 0.2) is 0 Å². The van der Waals surface area contributed by atoms with Gasteiger partial charge in [-0.3, -0.25) is 0 Å². The van der Waals surface area contributed by atoms with E-state index in [2.05, 4.69) is 11.5 Å². The Morgan fingerprint density at radius 2 is 1.85 bits per heavy atom. The first-order valence-electron chi connectivity index (χ1n) is 8.95. The van der Waals surface area contributed by atoms with Crippen LogP contribution in [0.4, 0.5) is 0 Å². The molecule has 0 saturated heterocycles. The van der Waals surface area contributed by atoms with E-state index >= 15 is 0 Å². The fourth-order valence-electron chi connectivity index (χ4n) is 4.04. The van der Waals surface area contributed by atoms with Crippen LogP contribution in [-0.2, 0) is 25.8 Å². The van der Waals surface area contributed by atoms with E-state index in [-0.39, 0.29) is 0 Å². The van der Waals surface area contributed by atoms with Gasteiger partial charge in [0.25, 0.3) is 0 Å². The van der Waals surface area contributed by atoms with Crippen molar-refractivity contribution in [1.29, 1.82) is 0 Å². The van der Waals surface area contributed by atoms with Gasteiger partial charge in [0.2, 0.25) is 0 Å². The van der Waals surface area contributed by atoms with E-state index in [1.165, 1.54) is 95.1 Å². The molecule has 1 saturated carbocycles. The molecule has 2 heteroatoms. The molecule has 0 amide bonds. The standard InChI is InChI=1S/C18H30N2/c1-2-3-13-20-17-12-8-7-11-16(17)19-18(20)14-15-9-5-4-6-10-15/h15H,2-14H2,1H3. The van der Waals surface area contributed by atoms with E-state index in [9.17, 15) is 0 Å². The molecule has 0 atom stereocenters. The van der Waals surface area contributed by atoms with E-state index in [1.807, 2.05) is 0 Å². The molecule has 2 aliphatic carbocycles. The minimum absolute atomic E-state index is 0.910. The summed E-state index contributed by atoms with van der Waals surface area (Å²) in [6, 6.07) is 0. The Bertz CT molecular complexity index is 427. The van der Waals surface area contributed by atoms with Crippen LogP contribution in [0.5, 0.6) is 0 Å². The largest absolute Gasteiger partial charge is 0.332 e. The first-order chi connectivity index (χ1) is 9.88. The highest BCUT2D eigenvalue weighted by atomic mass is 15.1. The highest BCUT2D eigenvalue weighted by Crippen LogP contribution is 2.29. The molecule has 1 aromatic heterocycles. The summed E-state index contributed by atoms with van der Waals surface area (Å²) in [6.07, 6.45) is 16.3. The second kappa shape index (κ2) is 6.78. The van der Waals surface area contributed by atoms with Crippen LogP contribution in [-0.4, -0.2) is 9.55 Å². The normalized spacial score (nSPS) is 20.1.